The number of carbonyl (C=O) groups is 1. The van der Waals surface area contributed by atoms with Crippen molar-refractivity contribution in [1.29, 1.82) is 0 Å². The van der Waals surface area contributed by atoms with Crippen LogP contribution in [0.15, 0.2) is 28.7 Å². The molecular formula is C15H19BrO2. The topological polar surface area (TPSA) is 26.3 Å². The molecule has 0 aliphatic heterocycles. The van der Waals surface area contributed by atoms with Gasteiger partial charge in [-0.25, -0.2) is 0 Å². The maximum atomic E-state index is 12.1. The van der Waals surface area contributed by atoms with Gasteiger partial charge in [-0.05, 0) is 37.0 Å². The summed E-state index contributed by atoms with van der Waals surface area (Å²) in [6, 6.07) is 8.24. The molecule has 0 bridgehead atoms. The van der Waals surface area contributed by atoms with Gasteiger partial charge in [-0.1, -0.05) is 47.3 Å². The van der Waals surface area contributed by atoms with E-state index >= 15 is 0 Å². The molecule has 0 unspecified atom stereocenters. The number of carbonyl (C=O) groups excluding carboxylic acids is 1. The number of methoxy groups -OCH3 is 1. The summed E-state index contributed by atoms with van der Waals surface area (Å²) in [7, 11) is 1.50. The predicted octanol–water partition coefficient (Wildman–Crippen LogP) is 4.12. The van der Waals surface area contributed by atoms with Crippen LogP contribution in [0.1, 0.15) is 37.7 Å². The van der Waals surface area contributed by atoms with Gasteiger partial charge in [0.05, 0.1) is 12.5 Å². The van der Waals surface area contributed by atoms with Crippen LogP contribution >= 0.6 is 15.9 Å². The number of hydrogen-bond acceptors (Lipinski definition) is 2. The Labute approximate surface area is 117 Å². The Morgan fingerprint density at radius 3 is 2.39 bits per heavy atom. The Morgan fingerprint density at radius 2 is 1.83 bits per heavy atom. The smallest absolute Gasteiger partial charge is 0.312 e. The van der Waals surface area contributed by atoms with Crippen molar-refractivity contribution >= 4 is 21.9 Å². The summed E-state index contributed by atoms with van der Waals surface area (Å²) in [4.78, 5) is 12.1. The molecule has 18 heavy (non-hydrogen) atoms. The SMILES string of the molecule is COC(=O)C1(Cc2ccc(Br)cc2)CCCCC1. The van der Waals surface area contributed by atoms with E-state index in [-0.39, 0.29) is 11.4 Å². The third kappa shape index (κ3) is 2.94. The lowest BCUT2D eigenvalue weighted by Gasteiger charge is -2.34. The highest BCUT2D eigenvalue weighted by Gasteiger charge is 2.40. The first-order valence-electron chi connectivity index (χ1n) is 6.49. The fourth-order valence-electron chi connectivity index (χ4n) is 2.89. The summed E-state index contributed by atoms with van der Waals surface area (Å²) in [6.45, 7) is 0. The standard InChI is InChI=1S/C15H19BrO2/c1-18-14(17)15(9-3-2-4-10-15)11-12-5-7-13(16)8-6-12/h5-8H,2-4,9-11H2,1H3. The van der Waals surface area contributed by atoms with Crippen LogP contribution in [0, 0.1) is 5.41 Å². The molecule has 1 aliphatic rings. The Balaban J connectivity index is 2.19. The Morgan fingerprint density at radius 1 is 1.22 bits per heavy atom. The number of esters is 1. The molecule has 2 rings (SSSR count). The van der Waals surface area contributed by atoms with E-state index in [0.29, 0.717) is 0 Å². The number of ether oxygens (including phenoxy) is 1. The zero-order chi connectivity index (χ0) is 13.0. The number of benzene rings is 1. The van der Waals surface area contributed by atoms with Crippen molar-refractivity contribution in [2.24, 2.45) is 5.41 Å². The molecule has 1 saturated carbocycles. The van der Waals surface area contributed by atoms with Gasteiger partial charge in [-0.15, -0.1) is 0 Å². The van der Waals surface area contributed by atoms with E-state index in [4.69, 9.17) is 4.74 Å². The fourth-order valence-corrected chi connectivity index (χ4v) is 3.16. The average molecular weight is 311 g/mol. The molecule has 0 radical (unpaired) electrons. The van der Waals surface area contributed by atoms with E-state index in [2.05, 4.69) is 28.1 Å². The van der Waals surface area contributed by atoms with Gasteiger partial charge in [0.15, 0.2) is 0 Å². The second-order valence-corrected chi connectivity index (χ2v) is 6.05. The lowest BCUT2D eigenvalue weighted by Crippen LogP contribution is -2.36. The van der Waals surface area contributed by atoms with Crippen molar-refractivity contribution in [1.82, 2.24) is 0 Å². The van der Waals surface area contributed by atoms with Crippen molar-refractivity contribution in [3.05, 3.63) is 34.3 Å². The molecule has 1 aromatic carbocycles. The fraction of sp³-hybridized carbons (Fsp3) is 0.533. The first-order chi connectivity index (χ1) is 8.66. The quantitative estimate of drug-likeness (QED) is 0.785. The molecule has 0 spiro atoms. The minimum absolute atomic E-state index is 0.0369. The molecule has 98 valence electrons. The Hall–Kier alpha value is -0.830. The van der Waals surface area contributed by atoms with E-state index in [1.807, 2.05) is 12.1 Å². The average Bonchev–Trinajstić information content (AvgIpc) is 2.41. The van der Waals surface area contributed by atoms with Gasteiger partial charge in [0.1, 0.15) is 0 Å². The maximum Gasteiger partial charge on any atom is 0.312 e. The molecule has 0 amide bonds. The first-order valence-corrected chi connectivity index (χ1v) is 7.28. The van der Waals surface area contributed by atoms with Gasteiger partial charge in [-0.3, -0.25) is 4.79 Å². The molecule has 1 fully saturated rings. The van der Waals surface area contributed by atoms with E-state index in [9.17, 15) is 4.79 Å². The van der Waals surface area contributed by atoms with Crippen molar-refractivity contribution in [2.75, 3.05) is 7.11 Å². The Kier molecular flexibility index (Phi) is 4.44. The normalized spacial score (nSPS) is 18.3. The van der Waals surface area contributed by atoms with Gasteiger partial charge in [0.2, 0.25) is 0 Å². The number of halogens is 1. The molecule has 0 N–H and O–H groups in total. The summed E-state index contributed by atoms with van der Waals surface area (Å²) in [5.41, 5.74) is 0.923. The molecule has 0 aromatic heterocycles. The highest BCUT2D eigenvalue weighted by molar-refractivity contribution is 9.10. The molecule has 0 saturated heterocycles. The third-order valence-corrected chi connectivity index (χ3v) is 4.41. The predicted molar refractivity (Wildman–Crippen MR) is 75.4 cm³/mol. The van der Waals surface area contributed by atoms with Gasteiger partial charge in [-0.2, -0.15) is 0 Å². The second kappa shape index (κ2) is 5.87. The lowest BCUT2D eigenvalue weighted by atomic mass is 9.70. The van der Waals surface area contributed by atoms with Crippen molar-refractivity contribution in [3.8, 4) is 0 Å². The monoisotopic (exact) mass is 310 g/mol. The summed E-state index contributed by atoms with van der Waals surface area (Å²) < 4.78 is 6.11. The number of hydrogen-bond donors (Lipinski definition) is 0. The molecule has 1 aromatic rings. The van der Waals surface area contributed by atoms with E-state index < -0.39 is 0 Å². The third-order valence-electron chi connectivity index (χ3n) is 3.88. The molecule has 0 atom stereocenters. The summed E-state index contributed by atoms with van der Waals surface area (Å²) in [5.74, 6) is -0.0369. The molecule has 1 aliphatic carbocycles. The van der Waals surface area contributed by atoms with E-state index in [0.717, 1.165) is 36.6 Å². The summed E-state index contributed by atoms with van der Waals surface area (Å²) in [6.07, 6.45) is 6.20. The first kappa shape index (κ1) is 13.6. The maximum absolute atomic E-state index is 12.1. The highest BCUT2D eigenvalue weighted by Crippen LogP contribution is 2.40. The van der Waals surface area contributed by atoms with Crippen LogP contribution < -0.4 is 0 Å². The van der Waals surface area contributed by atoms with Crippen LogP contribution in [-0.4, -0.2) is 13.1 Å². The van der Waals surface area contributed by atoms with E-state index in [1.165, 1.54) is 19.1 Å². The van der Waals surface area contributed by atoms with Crippen LogP contribution in [0.25, 0.3) is 0 Å². The Bertz CT molecular complexity index is 405. The van der Waals surface area contributed by atoms with Gasteiger partial charge < -0.3 is 4.74 Å². The zero-order valence-electron chi connectivity index (χ0n) is 10.7. The zero-order valence-corrected chi connectivity index (χ0v) is 12.3. The minimum atomic E-state index is -0.291. The molecule has 0 heterocycles. The van der Waals surface area contributed by atoms with Crippen LogP contribution in [0.5, 0.6) is 0 Å². The van der Waals surface area contributed by atoms with Crippen LogP contribution in [0.3, 0.4) is 0 Å². The number of rotatable bonds is 3. The largest absolute Gasteiger partial charge is 0.469 e. The van der Waals surface area contributed by atoms with Crippen molar-refractivity contribution < 1.29 is 9.53 Å². The van der Waals surface area contributed by atoms with E-state index in [1.54, 1.807) is 0 Å². The van der Waals surface area contributed by atoms with Gasteiger partial charge in [0.25, 0.3) is 0 Å². The molecule has 2 nitrogen and oxygen atoms in total. The minimum Gasteiger partial charge on any atom is -0.469 e. The summed E-state index contributed by atoms with van der Waals surface area (Å²) in [5, 5.41) is 0. The molecule has 3 heteroatoms. The van der Waals surface area contributed by atoms with Crippen LogP contribution in [-0.2, 0) is 16.0 Å². The second-order valence-electron chi connectivity index (χ2n) is 5.14. The van der Waals surface area contributed by atoms with Crippen LogP contribution in [0.4, 0.5) is 0 Å². The van der Waals surface area contributed by atoms with Crippen LogP contribution in [0.2, 0.25) is 0 Å². The summed E-state index contributed by atoms with van der Waals surface area (Å²) >= 11 is 3.44. The van der Waals surface area contributed by atoms with Gasteiger partial charge in [0, 0.05) is 4.47 Å². The molecular weight excluding hydrogens is 292 g/mol. The highest BCUT2D eigenvalue weighted by atomic mass is 79.9. The van der Waals surface area contributed by atoms with Gasteiger partial charge >= 0.3 is 5.97 Å². The lowest BCUT2D eigenvalue weighted by molar-refractivity contribution is -0.154. The van der Waals surface area contributed by atoms with Crippen molar-refractivity contribution in [2.45, 2.75) is 38.5 Å². The van der Waals surface area contributed by atoms with Crippen molar-refractivity contribution in [3.63, 3.8) is 0 Å².